The van der Waals surface area contributed by atoms with Crippen molar-refractivity contribution in [3.8, 4) is 0 Å². The van der Waals surface area contributed by atoms with Crippen molar-refractivity contribution >= 4 is 5.91 Å². The van der Waals surface area contributed by atoms with E-state index in [2.05, 4.69) is 0 Å². The Morgan fingerprint density at radius 1 is 1.54 bits per heavy atom. The Morgan fingerprint density at radius 3 is 2.54 bits per heavy atom. The highest BCUT2D eigenvalue weighted by Crippen LogP contribution is 1.93. The second-order valence-corrected chi connectivity index (χ2v) is 2.90. The molecule has 0 spiro atoms. The van der Waals surface area contributed by atoms with Crippen LogP contribution in [-0.2, 0) is 9.53 Å². The molecule has 1 atom stereocenters. The number of carbonyl (C=O) groups is 1. The van der Waals surface area contributed by atoms with E-state index in [0.717, 1.165) is 0 Å². The van der Waals surface area contributed by atoms with Crippen LogP contribution in [0.5, 0.6) is 0 Å². The first kappa shape index (κ1) is 12.4. The van der Waals surface area contributed by atoms with Gasteiger partial charge in [0.1, 0.15) is 0 Å². The molecule has 0 bridgehead atoms. The lowest BCUT2D eigenvalue weighted by Crippen LogP contribution is -2.43. The lowest BCUT2D eigenvalue weighted by Gasteiger charge is -2.22. The molecule has 0 aromatic heterocycles. The summed E-state index contributed by atoms with van der Waals surface area (Å²) in [5, 5.41) is 0. The summed E-state index contributed by atoms with van der Waals surface area (Å²) in [6.07, 6.45) is 0. The minimum Gasteiger partial charge on any atom is -0.380 e. The van der Waals surface area contributed by atoms with Crippen LogP contribution in [0.25, 0.3) is 0 Å². The van der Waals surface area contributed by atoms with E-state index < -0.39 is 6.04 Å². The monoisotopic (exact) mass is 188 g/mol. The SMILES string of the molecule is CCOCCN(CC)C(=O)[C@@H](C)N. The predicted molar refractivity (Wildman–Crippen MR) is 52.4 cm³/mol. The highest BCUT2D eigenvalue weighted by Gasteiger charge is 2.14. The lowest BCUT2D eigenvalue weighted by molar-refractivity contribution is -0.132. The number of hydrogen-bond donors (Lipinski definition) is 1. The van der Waals surface area contributed by atoms with Gasteiger partial charge in [-0.25, -0.2) is 0 Å². The standard InChI is InChI=1S/C9H20N2O2/c1-4-11(6-7-13-5-2)9(12)8(3)10/h8H,4-7,10H2,1-3H3/t8-/m1/s1. The Labute approximate surface area is 80.0 Å². The van der Waals surface area contributed by atoms with E-state index in [-0.39, 0.29) is 5.91 Å². The summed E-state index contributed by atoms with van der Waals surface area (Å²) in [6, 6.07) is -0.415. The lowest BCUT2D eigenvalue weighted by atomic mass is 10.3. The highest BCUT2D eigenvalue weighted by molar-refractivity contribution is 5.81. The molecule has 0 aliphatic rings. The number of ether oxygens (including phenoxy) is 1. The fourth-order valence-corrected chi connectivity index (χ4v) is 1.03. The minimum atomic E-state index is -0.415. The topological polar surface area (TPSA) is 55.6 Å². The van der Waals surface area contributed by atoms with Gasteiger partial charge < -0.3 is 15.4 Å². The van der Waals surface area contributed by atoms with Crippen molar-refractivity contribution in [2.24, 2.45) is 5.73 Å². The Hall–Kier alpha value is -0.610. The largest absolute Gasteiger partial charge is 0.380 e. The summed E-state index contributed by atoms with van der Waals surface area (Å²) in [5.74, 6) is -0.0118. The van der Waals surface area contributed by atoms with E-state index in [0.29, 0.717) is 26.3 Å². The number of carbonyl (C=O) groups excluding carboxylic acids is 1. The summed E-state index contributed by atoms with van der Waals surface area (Å²) in [4.78, 5) is 13.1. The van der Waals surface area contributed by atoms with Crippen molar-refractivity contribution in [3.63, 3.8) is 0 Å². The zero-order valence-electron chi connectivity index (χ0n) is 8.75. The van der Waals surface area contributed by atoms with Crippen molar-refractivity contribution in [3.05, 3.63) is 0 Å². The van der Waals surface area contributed by atoms with Crippen LogP contribution in [-0.4, -0.2) is 43.2 Å². The molecule has 0 aliphatic carbocycles. The molecule has 0 aliphatic heterocycles. The van der Waals surface area contributed by atoms with Crippen LogP contribution in [0.3, 0.4) is 0 Å². The average Bonchev–Trinajstić information content (AvgIpc) is 2.11. The summed E-state index contributed by atoms with van der Waals surface area (Å²) in [5.41, 5.74) is 5.48. The first-order valence-electron chi connectivity index (χ1n) is 4.75. The predicted octanol–water partition coefficient (Wildman–Crippen LogP) is 0.219. The van der Waals surface area contributed by atoms with Gasteiger partial charge in [-0.1, -0.05) is 0 Å². The van der Waals surface area contributed by atoms with Gasteiger partial charge >= 0.3 is 0 Å². The maximum atomic E-state index is 11.4. The van der Waals surface area contributed by atoms with Crippen molar-refractivity contribution in [1.29, 1.82) is 0 Å². The number of hydrogen-bond acceptors (Lipinski definition) is 3. The Balaban J connectivity index is 3.81. The third kappa shape index (κ3) is 4.85. The molecule has 4 heteroatoms. The van der Waals surface area contributed by atoms with Crippen LogP contribution in [0.15, 0.2) is 0 Å². The molecular formula is C9H20N2O2. The van der Waals surface area contributed by atoms with Gasteiger partial charge in [-0.05, 0) is 20.8 Å². The van der Waals surface area contributed by atoms with E-state index in [9.17, 15) is 4.79 Å². The van der Waals surface area contributed by atoms with E-state index in [1.54, 1.807) is 11.8 Å². The number of rotatable bonds is 6. The average molecular weight is 188 g/mol. The normalized spacial score (nSPS) is 12.6. The molecular weight excluding hydrogens is 168 g/mol. The number of nitrogens with zero attached hydrogens (tertiary/aromatic N) is 1. The smallest absolute Gasteiger partial charge is 0.239 e. The fourth-order valence-electron chi connectivity index (χ4n) is 1.03. The van der Waals surface area contributed by atoms with Gasteiger partial charge in [-0.3, -0.25) is 4.79 Å². The molecule has 0 rings (SSSR count). The van der Waals surface area contributed by atoms with E-state index in [1.165, 1.54) is 0 Å². The molecule has 13 heavy (non-hydrogen) atoms. The summed E-state index contributed by atoms with van der Waals surface area (Å²) in [6.45, 7) is 8.16. The Morgan fingerprint density at radius 2 is 2.15 bits per heavy atom. The molecule has 78 valence electrons. The highest BCUT2D eigenvalue weighted by atomic mass is 16.5. The zero-order chi connectivity index (χ0) is 10.3. The molecule has 0 heterocycles. The second kappa shape index (κ2) is 6.86. The zero-order valence-corrected chi connectivity index (χ0v) is 8.75. The third-order valence-corrected chi connectivity index (χ3v) is 1.79. The van der Waals surface area contributed by atoms with Gasteiger partial charge in [0.05, 0.1) is 12.6 Å². The minimum absolute atomic E-state index is 0.0118. The Bertz CT molecular complexity index is 149. The molecule has 0 aromatic carbocycles. The van der Waals surface area contributed by atoms with Crippen molar-refractivity contribution in [2.75, 3.05) is 26.3 Å². The molecule has 4 nitrogen and oxygen atoms in total. The van der Waals surface area contributed by atoms with Crippen LogP contribution in [0, 0.1) is 0 Å². The second-order valence-electron chi connectivity index (χ2n) is 2.90. The first-order chi connectivity index (χ1) is 6.13. The Kier molecular flexibility index (Phi) is 6.54. The maximum absolute atomic E-state index is 11.4. The molecule has 0 aromatic rings. The van der Waals surface area contributed by atoms with Crippen molar-refractivity contribution in [2.45, 2.75) is 26.8 Å². The van der Waals surface area contributed by atoms with Crippen LogP contribution in [0.1, 0.15) is 20.8 Å². The van der Waals surface area contributed by atoms with Crippen molar-refractivity contribution in [1.82, 2.24) is 4.90 Å². The van der Waals surface area contributed by atoms with Gasteiger partial charge in [-0.15, -0.1) is 0 Å². The van der Waals surface area contributed by atoms with Crippen LogP contribution in [0.4, 0.5) is 0 Å². The summed E-state index contributed by atoms with van der Waals surface area (Å²) < 4.78 is 5.16. The van der Waals surface area contributed by atoms with E-state index in [1.807, 2.05) is 13.8 Å². The van der Waals surface area contributed by atoms with Gasteiger partial charge in [0, 0.05) is 19.7 Å². The van der Waals surface area contributed by atoms with E-state index in [4.69, 9.17) is 10.5 Å². The number of likely N-dealkylation sites (N-methyl/N-ethyl adjacent to an activating group) is 1. The summed E-state index contributed by atoms with van der Waals surface area (Å²) >= 11 is 0. The molecule has 0 saturated heterocycles. The molecule has 0 unspecified atom stereocenters. The van der Waals surface area contributed by atoms with Crippen molar-refractivity contribution < 1.29 is 9.53 Å². The molecule has 0 radical (unpaired) electrons. The van der Waals surface area contributed by atoms with Gasteiger partial charge in [0.25, 0.3) is 0 Å². The quantitative estimate of drug-likeness (QED) is 0.607. The number of amides is 1. The molecule has 2 N–H and O–H groups in total. The fraction of sp³-hybridized carbons (Fsp3) is 0.889. The summed E-state index contributed by atoms with van der Waals surface area (Å²) in [7, 11) is 0. The molecule has 0 fully saturated rings. The van der Waals surface area contributed by atoms with Gasteiger partial charge in [-0.2, -0.15) is 0 Å². The molecule has 1 amide bonds. The first-order valence-corrected chi connectivity index (χ1v) is 4.75. The van der Waals surface area contributed by atoms with Crippen LogP contribution in [0.2, 0.25) is 0 Å². The maximum Gasteiger partial charge on any atom is 0.239 e. The third-order valence-electron chi connectivity index (χ3n) is 1.79. The van der Waals surface area contributed by atoms with Gasteiger partial charge in [0.2, 0.25) is 5.91 Å². The van der Waals surface area contributed by atoms with E-state index >= 15 is 0 Å². The van der Waals surface area contributed by atoms with Crippen LogP contribution >= 0.6 is 0 Å². The molecule has 0 saturated carbocycles. The van der Waals surface area contributed by atoms with Crippen LogP contribution < -0.4 is 5.73 Å². The number of nitrogens with two attached hydrogens (primary N) is 1. The van der Waals surface area contributed by atoms with Gasteiger partial charge in [0.15, 0.2) is 0 Å².